The molecule has 0 aromatic heterocycles. The Morgan fingerprint density at radius 2 is 2.43 bits per heavy atom. The lowest BCUT2D eigenvalue weighted by atomic mass is 11.0. The topological polar surface area (TPSA) is 17.1 Å². The largest absolute Gasteiger partial charge is 0.246 e. The van der Waals surface area contributed by atoms with Crippen LogP contribution in [0.15, 0.2) is 0 Å². The zero-order valence-corrected chi connectivity index (χ0v) is 8.33. The van der Waals surface area contributed by atoms with Gasteiger partial charge in [0.2, 0.25) is 0 Å². The molecule has 5 heteroatoms. The monoisotopic (exact) mass is 268 g/mol. The second-order valence-electron chi connectivity index (χ2n) is 0.896. The van der Waals surface area contributed by atoms with Gasteiger partial charge >= 0.3 is 0 Å². The molecule has 0 aromatic rings. The highest BCUT2D eigenvalue weighted by Gasteiger charge is 1.90. The van der Waals surface area contributed by atoms with E-state index in [0.717, 1.165) is 8.88 Å². The molecule has 0 spiro atoms. The van der Waals surface area contributed by atoms with Crippen LogP contribution in [0.25, 0.3) is 0 Å². The van der Waals surface area contributed by atoms with Crippen molar-refractivity contribution in [2.24, 2.45) is 0 Å². The van der Waals surface area contributed by atoms with E-state index in [9.17, 15) is 4.21 Å². The summed E-state index contributed by atoms with van der Waals surface area (Å²) in [7, 11) is 1.02. The first-order valence-electron chi connectivity index (χ1n) is 1.65. The van der Waals surface area contributed by atoms with Crippen molar-refractivity contribution in [2.75, 3.05) is 5.75 Å². The standard InChI is InChI=1S/C2H5IOS3/c1-2-7(3,4)6-5/h2H2,1H3. The highest BCUT2D eigenvalue weighted by Crippen LogP contribution is 2.00. The molecule has 0 aromatic carbocycles. The van der Waals surface area contributed by atoms with Gasteiger partial charge in [-0.15, -0.1) is 0 Å². The van der Waals surface area contributed by atoms with E-state index in [2.05, 4.69) is 11.2 Å². The number of rotatable bonds is 1. The number of hydrogen-bond acceptors (Lipinski definition) is 2. The van der Waals surface area contributed by atoms with Crippen LogP contribution >= 0.6 is 21.2 Å². The van der Waals surface area contributed by atoms with Gasteiger partial charge < -0.3 is 0 Å². The van der Waals surface area contributed by atoms with Crippen LogP contribution in [0.2, 0.25) is 0 Å². The maximum absolute atomic E-state index is 10.8. The number of halogens is 1. The van der Waals surface area contributed by atoms with Crippen LogP contribution in [-0.2, 0) is 25.7 Å². The van der Waals surface area contributed by atoms with Gasteiger partial charge in [-0.2, -0.15) is 0 Å². The molecule has 0 saturated carbocycles. The normalized spacial score (nSPS) is 18.0. The van der Waals surface area contributed by atoms with E-state index in [1.165, 1.54) is 0 Å². The molecule has 0 aliphatic rings. The molecule has 1 nitrogen and oxygen atoms in total. The van der Waals surface area contributed by atoms with Gasteiger partial charge in [0.1, 0.15) is 0 Å². The first-order valence-corrected chi connectivity index (χ1v) is 8.18. The van der Waals surface area contributed by atoms with Crippen LogP contribution in [0.1, 0.15) is 6.92 Å². The fraction of sp³-hybridized carbons (Fsp3) is 1.00. The molecule has 7 heavy (non-hydrogen) atoms. The Kier molecular flexibility index (Phi) is 4.00. The minimum Gasteiger partial charge on any atom is -0.246 e. The van der Waals surface area contributed by atoms with E-state index in [-0.39, 0.29) is 0 Å². The lowest BCUT2D eigenvalue weighted by Gasteiger charge is -1.84. The third-order valence-corrected chi connectivity index (χ3v) is 10.3. The highest BCUT2D eigenvalue weighted by molar-refractivity contribution is 14.2. The van der Waals surface area contributed by atoms with E-state index < -0.39 is 5.66 Å². The van der Waals surface area contributed by atoms with Gasteiger partial charge in [0.05, 0.1) is 5.66 Å². The molecular formula is C2H5IOS3. The quantitative estimate of drug-likeness (QED) is 0.523. The molecule has 0 amide bonds. The molecule has 0 rings (SSSR count). The summed E-state index contributed by atoms with van der Waals surface area (Å²) in [6.45, 7) is 1.87. The van der Waals surface area contributed by atoms with Crippen LogP contribution in [-0.4, -0.2) is 9.96 Å². The van der Waals surface area contributed by atoms with Gasteiger partial charge in [-0.05, 0) is 20.1 Å². The minimum atomic E-state index is -1.71. The Bertz CT molecular complexity index is 173. The molecule has 0 N–H and O–H groups in total. The van der Waals surface area contributed by atoms with Gasteiger partial charge in [0, 0.05) is 27.0 Å². The first-order chi connectivity index (χ1) is 3.12. The van der Waals surface area contributed by atoms with Gasteiger partial charge in [0.25, 0.3) is 0 Å². The van der Waals surface area contributed by atoms with E-state index in [0.29, 0.717) is 5.75 Å². The van der Waals surface area contributed by atoms with E-state index in [1.807, 2.05) is 28.1 Å². The highest BCUT2D eigenvalue weighted by atomic mass is 127. The van der Waals surface area contributed by atoms with Crippen molar-refractivity contribution in [3.05, 3.63) is 0 Å². The van der Waals surface area contributed by atoms with Crippen molar-refractivity contribution in [3.8, 4) is 0 Å². The van der Waals surface area contributed by atoms with Crippen molar-refractivity contribution in [1.82, 2.24) is 0 Å². The average Bonchev–Trinajstić information content (AvgIpc) is 1.68. The molecule has 0 aliphatic heterocycles. The van der Waals surface area contributed by atoms with Gasteiger partial charge in [-0.1, -0.05) is 6.92 Å². The molecule has 1 atom stereocenters. The zero-order valence-electron chi connectivity index (χ0n) is 3.72. The molecular weight excluding hydrogens is 263 g/mol. The van der Waals surface area contributed by atoms with Crippen molar-refractivity contribution in [1.29, 1.82) is 0 Å². The van der Waals surface area contributed by atoms with E-state index in [4.69, 9.17) is 0 Å². The van der Waals surface area contributed by atoms with Crippen LogP contribution in [0, 0.1) is 0 Å². The fourth-order valence-corrected chi connectivity index (χ4v) is 1.30. The Hall–Kier alpha value is 1.32. The summed E-state index contributed by atoms with van der Waals surface area (Å²) in [5.74, 6) is 0.668. The Labute approximate surface area is 63.3 Å². The van der Waals surface area contributed by atoms with Crippen LogP contribution in [0.5, 0.6) is 0 Å². The molecule has 0 heterocycles. The Balaban J connectivity index is 4.52. The molecule has 0 saturated heterocycles. The summed E-state index contributed by atoms with van der Waals surface area (Å²) in [6.07, 6.45) is 0. The lowest BCUT2D eigenvalue weighted by Crippen LogP contribution is -1.86. The fourth-order valence-electron chi connectivity index (χ4n) is 0.0481. The summed E-state index contributed by atoms with van der Waals surface area (Å²) < 4.78 is 10.8. The molecule has 0 radical (unpaired) electrons. The summed E-state index contributed by atoms with van der Waals surface area (Å²) in [5.41, 5.74) is -1.71. The predicted octanol–water partition coefficient (Wildman–Crippen LogP) is 1.10. The molecule has 44 valence electrons. The first kappa shape index (κ1) is 8.32. The van der Waals surface area contributed by atoms with E-state index in [1.54, 1.807) is 0 Å². The summed E-state index contributed by atoms with van der Waals surface area (Å²) in [5, 5.41) is 0. The Morgan fingerprint density at radius 3 is 2.43 bits per heavy atom. The Morgan fingerprint density at radius 1 is 2.00 bits per heavy atom. The second kappa shape index (κ2) is 3.37. The summed E-state index contributed by atoms with van der Waals surface area (Å²) in [4.78, 5) is 0. The second-order valence-corrected chi connectivity index (χ2v) is 12.0. The minimum absolute atomic E-state index is 0.668. The van der Waals surface area contributed by atoms with Crippen molar-refractivity contribution >= 4 is 46.9 Å². The van der Waals surface area contributed by atoms with Crippen molar-refractivity contribution < 1.29 is 4.21 Å². The van der Waals surface area contributed by atoms with Gasteiger partial charge in [-0.3, -0.25) is 0 Å². The van der Waals surface area contributed by atoms with Crippen LogP contribution in [0.3, 0.4) is 0 Å². The summed E-state index contributed by atoms with van der Waals surface area (Å²) in [6, 6.07) is 0. The van der Waals surface area contributed by atoms with Crippen molar-refractivity contribution in [3.63, 3.8) is 0 Å². The van der Waals surface area contributed by atoms with E-state index >= 15 is 0 Å². The average molecular weight is 268 g/mol. The van der Waals surface area contributed by atoms with Crippen molar-refractivity contribution in [2.45, 2.75) is 6.92 Å². The molecule has 0 bridgehead atoms. The number of hydrogen-bond donors (Lipinski definition) is 0. The van der Waals surface area contributed by atoms with Crippen LogP contribution < -0.4 is 0 Å². The molecule has 0 aliphatic carbocycles. The third-order valence-electron chi connectivity index (χ3n) is 0.446. The predicted molar refractivity (Wildman–Crippen MR) is 47.4 cm³/mol. The smallest absolute Gasteiger partial charge is 0.0852 e. The summed E-state index contributed by atoms with van der Waals surface area (Å²) >= 11 is 6.41. The third kappa shape index (κ3) is 3.87. The van der Waals surface area contributed by atoms with Gasteiger partial charge in [-0.25, -0.2) is 4.21 Å². The zero-order chi connectivity index (χ0) is 5.91. The lowest BCUT2D eigenvalue weighted by molar-refractivity contribution is 0.692. The maximum Gasteiger partial charge on any atom is 0.0852 e. The SMILES string of the molecule is CCS(=O)(I)=S=S. The maximum atomic E-state index is 10.8. The van der Waals surface area contributed by atoms with Crippen LogP contribution in [0.4, 0.5) is 0 Å². The molecule has 1 unspecified atom stereocenters. The van der Waals surface area contributed by atoms with Gasteiger partial charge in [0.15, 0.2) is 0 Å². The molecule has 0 fully saturated rings.